The van der Waals surface area contributed by atoms with Gasteiger partial charge in [-0.05, 0) is 60.7 Å². The molecule has 0 unspecified atom stereocenters. The lowest BCUT2D eigenvalue weighted by molar-refractivity contribution is 1.23. The molecule has 0 saturated heterocycles. The van der Waals surface area contributed by atoms with E-state index in [4.69, 9.17) is 9.97 Å². The number of aryl methyl sites for hydroxylation is 2. The molecule has 0 aliphatic carbocycles. The molecule has 0 aliphatic rings. The van der Waals surface area contributed by atoms with Crippen LogP contribution in [0.3, 0.4) is 0 Å². The minimum absolute atomic E-state index is 0.760. The van der Waals surface area contributed by atoms with Crippen molar-refractivity contribution in [3.63, 3.8) is 0 Å². The molecule has 2 aromatic heterocycles. The SMILES string of the molecule is Cc1cc(C)cc(Nc2nc(-c3cccs3)nc3ccccc23)c1. The number of rotatable bonds is 3. The Morgan fingerprint density at radius 2 is 1.67 bits per heavy atom. The first-order chi connectivity index (χ1) is 11.7. The van der Waals surface area contributed by atoms with Crippen LogP contribution in [-0.2, 0) is 0 Å². The molecule has 2 heterocycles. The second-order valence-electron chi connectivity index (χ2n) is 5.89. The third-order valence-electron chi connectivity index (χ3n) is 3.83. The molecule has 118 valence electrons. The molecular weight excluding hydrogens is 314 g/mol. The second-order valence-corrected chi connectivity index (χ2v) is 6.84. The summed E-state index contributed by atoms with van der Waals surface area (Å²) in [5.41, 5.74) is 4.46. The monoisotopic (exact) mass is 331 g/mol. The molecule has 24 heavy (non-hydrogen) atoms. The average molecular weight is 331 g/mol. The van der Waals surface area contributed by atoms with E-state index in [2.05, 4.69) is 49.5 Å². The summed E-state index contributed by atoms with van der Waals surface area (Å²) in [5.74, 6) is 1.60. The minimum Gasteiger partial charge on any atom is -0.340 e. The van der Waals surface area contributed by atoms with E-state index in [9.17, 15) is 0 Å². The smallest absolute Gasteiger partial charge is 0.172 e. The lowest BCUT2D eigenvalue weighted by Crippen LogP contribution is -1.99. The lowest BCUT2D eigenvalue weighted by atomic mass is 10.1. The number of hydrogen-bond acceptors (Lipinski definition) is 4. The molecule has 0 amide bonds. The second kappa shape index (κ2) is 6.06. The maximum Gasteiger partial charge on any atom is 0.172 e. The van der Waals surface area contributed by atoms with Crippen molar-refractivity contribution in [1.82, 2.24) is 9.97 Å². The number of hydrogen-bond donors (Lipinski definition) is 1. The van der Waals surface area contributed by atoms with Gasteiger partial charge in [-0.3, -0.25) is 0 Å². The van der Waals surface area contributed by atoms with Crippen LogP contribution in [0.4, 0.5) is 11.5 Å². The summed E-state index contributed by atoms with van der Waals surface area (Å²) in [4.78, 5) is 10.6. The highest BCUT2D eigenvalue weighted by Gasteiger charge is 2.10. The zero-order chi connectivity index (χ0) is 16.5. The molecule has 0 atom stereocenters. The van der Waals surface area contributed by atoms with Gasteiger partial charge in [-0.25, -0.2) is 9.97 Å². The van der Waals surface area contributed by atoms with E-state index in [1.165, 1.54) is 11.1 Å². The number of para-hydroxylation sites is 1. The standard InChI is InChI=1S/C20H17N3S/c1-13-10-14(2)12-15(11-13)21-19-16-6-3-4-7-17(16)22-20(23-19)18-8-5-9-24-18/h3-12H,1-2H3,(H,21,22,23). The van der Waals surface area contributed by atoms with Crippen LogP contribution in [0, 0.1) is 13.8 Å². The maximum absolute atomic E-state index is 4.79. The van der Waals surface area contributed by atoms with E-state index < -0.39 is 0 Å². The van der Waals surface area contributed by atoms with Gasteiger partial charge in [-0.2, -0.15) is 0 Å². The Morgan fingerprint density at radius 3 is 2.42 bits per heavy atom. The van der Waals surface area contributed by atoms with E-state index in [0.29, 0.717) is 0 Å². The van der Waals surface area contributed by atoms with Crippen LogP contribution in [0.15, 0.2) is 60.0 Å². The molecule has 4 aromatic rings. The van der Waals surface area contributed by atoms with Gasteiger partial charge in [0.15, 0.2) is 5.82 Å². The van der Waals surface area contributed by atoms with Crippen molar-refractivity contribution < 1.29 is 0 Å². The number of aromatic nitrogens is 2. The van der Waals surface area contributed by atoms with Crippen molar-refractivity contribution in [3.8, 4) is 10.7 Å². The van der Waals surface area contributed by atoms with Crippen molar-refractivity contribution in [3.05, 3.63) is 71.1 Å². The van der Waals surface area contributed by atoms with Gasteiger partial charge in [0.2, 0.25) is 0 Å². The molecule has 1 N–H and O–H groups in total. The fourth-order valence-electron chi connectivity index (χ4n) is 2.87. The van der Waals surface area contributed by atoms with Gasteiger partial charge in [-0.1, -0.05) is 24.3 Å². The van der Waals surface area contributed by atoms with Crippen LogP contribution in [0.2, 0.25) is 0 Å². The Labute approximate surface area is 145 Å². The van der Waals surface area contributed by atoms with Gasteiger partial charge in [0.25, 0.3) is 0 Å². The minimum atomic E-state index is 0.760. The van der Waals surface area contributed by atoms with E-state index in [-0.39, 0.29) is 0 Å². The van der Waals surface area contributed by atoms with Gasteiger partial charge in [0.1, 0.15) is 5.82 Å². The first-order valence-corrected chi connectivity index (χ1v) is 8.73. The number of fused-ring (bicyclic) bond motifs is 1. The molecule has 3 nitrogen and oxygen atoms in total. The highest BCUT2D eigenvalue weighted by atomic mass is 32.1. The fraction of sp³-hybridized carbons (Fsp3) is 0.100. The van der Waals surface area contributed by atoms with Crippen molar-refractivity contribution in [2.75, 3.05) is 5.32 Å². The summed E-state index contributed by atoms with van der Waals surface area (Å²) >= 11 is 1.65. The predicted octanol–water partition coefficient (Wildman–Crippen LogP) is 5.72. The molecular formula is C20H17N3S. The number of nitrogens with zero attached hydrogens (tertiary/aromatic N) is 2. The molecule has 0 bridgehead atoms. The van der Waals surface area contributed by atoms with Crippen LogP contribution in [0.1, 0.15) is 11.1 Å². The predicted molar refractivity (Wildman–Crippen MR) is 102 cm³/mol. The first-order valence-electron chi connectivity index (χ1n) is 7.85. The zero-order valence-electron chi connectivity index (χ0n) is 13.6. The first kappa shape index (κ1) is 14.8. The summed E-state index contributed by atoms with van der Waals surface area (Å²) in [6.07, 6.45) is 0. The molecule has 2 aromatic carbocycles. The molecule has 4 rings (SSSR count). The molecule has 0 radical (unpaired) electrons. The lowest BCUT2D eigenvalue weighted by Gasteiger charge is -2.11. The van der Waals surface area contributed by atoms with Gasteiger partial charge in [0, 0.05) is 11.1 Å². The molecule has 0 aliphatic heterocycles. The number of anilines is 2. The van der Waals surface area contributed by atoms with Gasteiger partial charge in [0.05, 0.1) is 10.4 Å². The van der Waals surface area contributed by atoms with Crippen molar-refractivity contribution in [2.24, 2.45) is 0 Å². The largest absolute Gasteiger partial charge is 0.340 e. The van der Waals surface area contributed by atoms with Crippen molar-refractivity contribution in [1.29, 1.82) is 0 Å². The molecule has 4 heteroatoms. The summed E-state index contributed by atoms with van der Waals surface area (Å²) in [5, 5.41) is 6.56. The normalized spacial score (nSPS) is 10.9. The quantitative estimate of drug-likeness (QED) is 0.522. The van der Waals surface area contributed by atoms with E-state index in [1.54, 1.807) is 11.3 Å². The maximum atomic E-state index is 4.79. The van der Waals surface area contributed by atoms with Crippen molar-refractivity contribution in [2.45, 2.75) is 13.8 Å². The zero-order valence-corrected chi connectivity index (χ0v) is 14.4. The highest BCUT2D eigenvalue weighted by Crippen LogP contribution is 2.29. The summed E-state index contributed by atoms with van der Waals surface area (Å²) in [6.45, 7) is 4.21. The van der Waals surface area contributed by atoms with Crippen LogP contribution >= 0.6 is 11.3 Å². The van der Waals surface area contributed by atoms with E-state index in [1.807, 2.05) is 29.6 Å². The van der Waals surface area contributed by atoms with Crippen molar-refractivity contribution >= 4 is 33.7 Å². The highest BCUT2D eigenvalue weighted by molar-refractivity contribution is 7.13. The Hall–Kier alpha value is -2.72. The van der Waals surface area contributed by atoms with Gasteiger partial charge >= 0.3 is 0 Å². The van der Waals surface area contributed by atoms with Gasteiger partial charge < -0.3 is 5.32 Å². The third kappa shape index (κ3) is 2.88. The summed E-state index contributed by atoms with van der Waals surface area (Å²) in [7, 11) is 0. The third-order valence-corrected chi connectivity index (χ3v) is 4.70. The van der Waals surface area contributed by atoms with Crippen LogP contribution < -0.4 is 5.32 Å². The Balaban J connectivity index is 1.86. The topological polar surface area (TPSA) is 37.8 Å². The Morgan fingerprint density at radius 1 is 0.875 bits per heavy atom. The number of thiophene rings is 1. The molecule has 0 fully saturated rings. The Kier molecular flexibility index (Phi) is 3.75. The summed E-state index contributed by atoms with van der Waals surface area (Å²) < 4.78 is 0. The van der Waals surface area contributed by atoms with Crippen LogP contribution in [0.25, 0.3) is 21.6 Å². The fourth-order valence-corrected chi connectivity index (χ4v) is 3.53. The van der Waals surface area contributed by atoms with Crippen LogP contribution in [0.5, 0.6) is 0 Å². The number of nitrogens with one attached hydrogen (secondary N) is 1. The summed E-state index contributed by atoms with van der Waals surface area (Å²) in [6, 6.07) is 18.6. The van der Waals surface area contributed by atoms with Crippen LogP contribution in [-0.4, -0.2) is 9.97 Å². The average Bonchev–Trinajstić information content (AvgIpc) is 3.08. The van der Waals surface area contributed by atoms with E-state index >= 15 is 0 Å². The van der Waals surface area contributed by atoms with E-state index in [0.717, 1.165) is 33.1 Å². The molecule has 0 saturated carbocycles. The molecule has 0 spiro atoms. The Bertz CT molecular complexity index is 987. The number of benzene rings is 2. The van der Waals surface area contributed by atoms with Gasteiger partial charge in [-0.15, -0.1) is 11.3 Å².